The summed E-state index contributed by atoms with van der Waals surface area (Å²) in [7, 11) is 0. The number of nitrogens with one attached hydrogen (secondary N) is 1. The average Bonchev–Trinajstić information content (AvgIpc) is 2.48. The van der Waals surface area contributed by atoms with E-state index in [1.54, 1.807) is 0 Å². The molecule has 0 spiro atoms. The van der Waals surface area contributed by atoms with Gasteiger partial charge in [-0.25, -0.2) is 0 Å². The first-order valence-corrected chi connectivity index (χ1v) is 6.69. The van der Waals surface area contributed by atoms with E-state index in [0.717, 1.165) is 11.3 Å². The van der Waals surface area contributed by atoms with Crippen molar-refractivity contribution in [1.29, 1.82) is 0 Å². The first-order chi connectivity index (χ1) is 10.1. The van der Waals surface area contributed by atoms with Crippen LogP contribution in [0.4, 0.5) is 5.69 Å². The van der Waals surface area contributed by atoms with Crippen molar-refractivity contribution < 1.29 is 14.7 Å². The van der Waals surface area contributed by atoms with E-state index in [-0.39, 0.29) is 5.78 Å². The van der Waals surface area contributed by atoms with E-state index in [4.69, 9.17) is 0 Å². The molecular weight excluding hydrogens is 266 g/mol. The van der Waals surface area contributed by atoms with Gasteiger partial charge in [0.2, 0.25) is 0 Å². The van der Waals surface area contributed by atoms with Gasteiger partial charge in [-0.3, -0.25) is 9.59 Å². The summed E-state index contributed by atoms with van der Waals surface area (Å²) in [6.45, 7) is 1.31. The molecule has 2 unspecified atom stereocenters. The number of aliphatic carboxylic acids is 1. The Balaban J connectivity index is 2.39. The van der Waals surface area contributed by atoms with E-state index in [9.17, 15) is 14.7 Å². The fourth-order valence-electron chi connectivity index (χ4n) is 2.28. The summed E-state index contributed by atoms with van der Waals surface area (Å²) in [5, 5.41) is 12.5. The zero-order valence-electron chi connectivity index (χ0n) is 11.7. The van der Waals surface area contributed by atoms with Crippen LogP contribution in [0.2, 0.25) is 0 Å². The number of benzene rings is 2. The number of carbonyl (C=O) groups excluding carboxylic acids is 1. The predicted octanol–water partition coefficient (Wildman–Crippen LogP) is 3.13. The summed E-state index contributed by atoms with van der Waals surface area (Å²) in [4.78, 5) is 23.3. The molecule has 0 saturated carbocycles. The molecule has 0 amide bonds. The third-order valence-electron chi connectivity index (χ3n) is 3.29. The number of anilines is 1. The SMILES string of the molecule is CC(=O)C(C(=O)O)C(Nc1ccccc1)c1ccccc1. The number of hydrogen-bond donors (Lipinski definition) is 2. The minimum absolute atomic E-state index is 0.375. The van der Waals surface area contributed by atoms with Crippen molar-refractivity contribution >= 4 is 17.4 Å². The zero-order valence-corrected chi connectivity index (χ0v) is 11.7. The number of hydrogen-bond acceptors (Lipinski definition) is 3. The highest BCUT2D eigenvalue weighted by molar-refractivity contribution is 5.98. The fourth-order valence-corrected chi connectivity index (χ4v) is 2.28. The normalized spacial score (nSPS) is 13.2. The molecule has 2 aromatic carbocycles. The summed E-state index contributed by atoms with van der Waals surface area (Å²) in [6, 6.07) is 17.8. The van der Waals surface area contributed by atoms with Gasteiger partial charge in [-0.05, 0) is 24.6 Å². The maximum absolute atomic E-state index is 11.8. The summed E-state index contributed by atoms with van der Waals surface area (Å²) in [6.07, 6.45) is 0. The van der Waals surface area contributed by atoms with Crippen LogP contribution in [-0.2, 0) is 9.59 Å². The Kier molecular flexibility index (Phi) is 4.72. The monoisotopic (exact) mass is 283 g/mol. The van der Waals surface area contributed by atoms with Gasteiger partial charge < -0.3 is 10.4 Å². The summed E-state index contributed by atoms with van der Waals surface area (Å²) >= 11 is 0. The molecule has 0 aliphatic carbocycles. The molecule has 0 fully saturated rings. The predicted molar refractivity (Wildman–Crippen MR) is 81.1 cm³/mol. The molecular formula is C17H17NO3. The minimum Gasteiger partial charge on any atom is -0.481 e. The number of ketones is 1. The lowest BCUT2D eigenvalue weighted by molar-refractivity contribution is -0.146. The molecule has 0 aliphatic heterocycles. The van der Waals surface area contributed by atoms with E-state index in [1.807, 2.05) is 60.7 Å². The van der Waals surface area contributed by atoms with Crippen molar-refractivity contribution in [1.82, 2.24) is 0 Å². The largest absolute Gasteiger partial charge is 0.481 e. The number of carbonyl (C=O) groups is 2. The van der Waals surface area contributed by atoms with Gasteiger partial charge in [0, 0.05) is 5.69 Å². The molecule has 0 aromatic heterocycles. The van der Waals surface area contributed by atoms with Crippen molar-refractivity contribution in [2.24, 2.45) is 5.92 Å². The number of Topliss-reactive ketones (excluding diaryl/α,β-unsaturated/α-hetero) is 1. The molecule has 0 radical (unpaired) electrons. The Morgan fingerprint density at radius 1 is 0.952 bits per heavy atom. The molecule has 2 rings (SSSR count). The van der Waals surface area contributed by atoms with Crippen LogP contribution in [0.3, 0.4) is 0 Å². The molecule has 108 valence electrons. The average molecular weight is 283 g/mol. The minimum atomic E-state index is -1.13. The topological polar surface area (TPSA) is 66.4 Å². The molecule has 2 atom stereocenters. The number of carboxylic acids is 1. The van der Waals surface area contributed by atoms with E-state index in [0.29, 0.717) is 0 Å². The second-order valence-corrected chi connectivity index (χ2v) is 4.83. The van der Waals surface area contributed by atoms with Crippen LogP contribution in [0.25, 0.3) is 0 Å². The molecule has 4 heteroatoms. The van der Waals surface area contributed by atoms with Crippen LogP contribution >= 0.6 is 0 Å². The van der Waals surface area contributed by atoms with Gasteiger partial charge in [0.1, 0.15) is 11.7 Å². The van der Waals surface area contributed by atoms with Gasteiger partial charge >= 0.3 is 5.97 Å². The molecule has 2 aromatic rings. The molecule has 0 aliphatic rings. The van der Waals surface area contributed by atoms with Crippen molar-refractivity contribution in [2.45, 2.75) is 13.0 Å². The first kappa shape index (κ1) is 14.8. The van der Waals surface area contributed by atoms with Crippen molar-refractivity contribution in [3.8, 4) is 0 Å². The van der Waals surface area contributed by atoms with Crippen molar-refractivity contribution in [3.05, 3.63) is 66.2 Å². The molecule has 0 saturated heterocycles. The molecule has 0 heterocycles. The highest BCUT2D eigenvalue weighted by Crippen LogP contribution is 2.27. The third-order valence-corrected chi connectivity index (χ3v) is 3.29. The lowest BCUT2D eigenvalue weighted by Crippen LogP contribution is -2.32. The summed E-state index contributed by atoms with van der Waals surface area (Å²) in [5.41, 5.74) is 1.54. The highest BCUT2D eigenvalue weighted by atomic mass is 16.4. The number of rotatable bonds is 6. The first-order valence-electron chi connectivity index (χ1n) is 6.69. The Hall–Kier alpha value is -2.62. The second kappa shape index (κ2) is 6.70. The van der Waals surface area contributed by atoms with Crippen LogP contribution in [0, 0.1) is 5.92 Å². The Morgan fingerprint density at radius 3 is 1.95 bits per heavy atom. The molecule has 4 nitrogen and oxygen atoms in total. The van der Waals surface area contributed by atoms with Gasteiger partial charge in [0.25, 0.3) is 0 Å². The highest BCUT2D eigenvalue weighted by Gasteiger charge is 2.33. The molecule has 0 bridgehead atoms. The van der Waals surface area contributed by atoms with E-state index in [1.165, 1.54) is 6.92 Å². The standard InChI is InChI=1S/C17H17NO3/c1-12(19)15(17(20)21)16(13-8-4-2-5-9-13)18-14-10-6-3-7-11-14/h2-11,15-16,18H,1H3,(H,20,21). The summed E-state index contributed by atoms with van der Waals surface area (Å²) in [5.74, 6) is -2.63. The number of para-hydroxylation sites is 1. The number of carboxylic acid groups (broad SMARTS) is 1. The van der Waals surface area contributed by atoms with Gasteiger partial charge in [-0.15, -0.1) is 0 Å². The second-order valence-electron chi connectivity index (χ2n) is 4.83. The summed E-state index contributed by atoms with van der Waals surface area (Å²) < 4.78 is 0. The van der Waals surface area contributed by atoms with Crippen LogP contribution < -0.4 is 5.32 Å². The maximum atomic E-state index is 11.8. The Bertz CT molecular complexity index is 596. The van der Waals surface area contributed by atoms with Crippen LogP contribution in [-0.4, -0.2) is 16.9 Å². The molecule has 2 N–H and O–H groups in total. The van der Waals surface area contributed by atoms with E-state index in [2.05, 4.69) is 5.32 Å². The molecule has 21 heavy (non-hydrogen) atoms. The van der Waals surface area contributed by atoms with Gasteiger partial charge in [0.15, 0.2) is 0 Å². The Morgan fingerprint density at radius 2 is 1.48 bits per heavy atom. The van der Waals surface area contributed by atoms with E-state index >= 15 is 0 Å². The van der Waals surface area contributed by atoms with Gasteiger partial charge in [-0.1, -0.05) is 48.5 Å². The quantitative estimate of drug-likeness (QED) is 0.799. The van der Waals surface area contributed by atoms with Crippen LogP contribution in [0.5, 0.6) is 0 Å². The van der Waals surface area contributed by atoms with Gasteiger partial charge in [0.05, 0.1) is 6.04 Å². The van der Waals surface area contributed by atoms with Crippen LogP contribution in [0.15, 0.2) is 60.7 Å². The third kappa shape index (κ3) is 3.69. The van der Waals surface area contributed by atoms with Crippen LogP contribution in [0.1, 0.15) is 18.5 Å². The van der Waals surface area contributed by atoms with Crippen molar-refractivity contribution in [3.63, 3.8) is 0 Å². The fraction of sp³-hybridized carbons (Fsp3) is 0.176. The zero-order chi connectivity index (χ0) is 15.2. The Labute approximate surface area is 123 Å². The van der Waals surface area contributed by atoms with E-state index < -0.39 is 17.9 Å². The maximum Gasteiger partial charge on any atom is 0.316 e. The lowest BCUT2D eigenvalue weighted by atomic mass is 9.90. The van der Waals surface area contributed by atoms with Crippen molar-refractivity contribution in [2.75, 3.05) is 5.32 Å². The lowest BCUT2D eigenvalue weighted by Gasteiger charge is -2.25. The van der Waals surface area contributed by atoms with Gasteiger partial charge in [-0.2, -0.15) is 0 Å². The smallest absolute Gasteiger partial charge is 0.316 e.